The maximum Gasteiger partial charge on any atom is 0.323 e. The summed E-state index contributed by atoms with van der Waals surface area (Å²) in [4.78, 5) is 23.5. The molecule has 0 aliphatic heterocycles. The molecule has 0 aliphatic carbocycles. The molecule has 7 nitrogen and oxygen atoms in total. The van der Waals surface area contributed by atoms with Crippen molar-refractivity contribution < 1.29 is 29.3 Å². The number of rotatable bonds is 8. The van der Waals surface area contributed by atoms with Crippen LogP contribution in [0, 0.1) is 5.92 Å². The Hall–Kier alpha value is -2.44. The Morgan fingerprint density at radius 1 is 1.24 bits per heavy atom. The second-order valence-electron chi connectivity index (χ2n) is 4.55. The molecule has 0 aromatic heterocycles. The molecule has 1 aromatic carbocycles. The summed E-state index contributed by atoms with van der Waals surface area (Å²) >= 11 is 0. The molecule has 116 valence electrons. The summed E-state index contributed by atoms with van der Waals surface area (Å²) in [6.45, 7) is 1.23. The van der Waals surface area contributed by atoms with Crippen LogP contribution in [0.1, 0.15) is 6.92 Å². The smallest absolute Gasteiger partial charge is 0.323 e. The first-order valence-electron chi connectivity index (χ1n) is 6.30. The van der Waals surface area contributed by atoms with Crippen molar-refractivity contribution in [2.24, 2.45) is 5.92 Å². The SMILES string of the molecule is COc1ccc(OC)c(N(CC(=O)O)CC(C)C(=O)O)c1. The minimum absolute atomic E-state index is 0.0468. The van der Waals surface area contributed by atoms with Crippen molar-refractivity contribution in [3.63, 3.8) is 0 Å². The lowest BCUT2D eigenvalue weighted by Gasteiger charge is -2.26. The molecule has 0 bridgehead atoms. The van der Waals surface area contributed by atoms with Gasteiger partial charge in [-0.25, -0.2) is 0 Å². The lowest BCUT2D eigenvalue weighted by atomic mass is 10.1. The standard InChI is InChI=1S/C14H19NO6/c1-9(14(18)19)7-15(8-13(16)17)11-6-10(20-2)4-5-12(11)21-3/h4-6,9H,7-8H2,1-3H3,(H,16,17)(H,18,19). The van der Waals surface area contributed by atoms with Gasteiger partial charge in [-0.2, -0.15) is 0 Å². The topological polar surface area (TPSA) is 96.3 Å². The Labute approximate surface area is 122 Å². The molecule has 0 aliphatic rings. The highest BCUT2D eigenvalue weighted by atomic mass is 16.5. The number of nitrogens with zero attached hydrogens (tertiary/aromatic N) is 1. The van der Waals surface area contributed by atoms with Crippen LogP contribution in [0.3, 0.4) is 0 Å². The van der Waals surface area contributed by atoms with E-state index in [0.29, 0.717) is 17.2 Å². The van der Waals surface area contributed by atoms with Crippen LogP contribution in [0.25, 0.3) is 0 Å². The molecular weight excluding hydrogens is 278 g/mol. The van der Waals surface area contributed by atoms with Crippen molar-refractivity contribution in [1.82, 2.24) is 0 Å². The average molecular weight is 297 g/mol. The van der Waals surface area contributed by atoms with Crippen molar-refractivity contribution in [3.05, 3.63) is 18.2 Å². The van der Waals surface area contributed by atoms with Crippen molar-refractivity contribution in [1.29, 1.82) is 0 Å². The Morgan fingerprint density at radius 2 is 1.90 bits per heavy atom. The van der Waals surface area contributed by atoms with Crippen molar-refractivity contribution in [2.75, 3.05) is 32.2 Å². The quantitative estimate of drug-likeness (QED) is 0.746. The minimum atomic E-state index is -1.06. The fraction of sp³-hybridized carbons (Fsp3) is 0.429. The number of hydrogen-bond donors (Lipinski definition) is 2. The summed E-state index contributed by atoms with van der Waals surface area (Å²) in [6, 6.07) is 4.95. The molecule has 0 saturated carbocycles. The molecule has 7 heteroatoms. The summed E-state index contributed by atoms with van der Waals surface area (Å²) < 4.78 is 10.3. The number of carboxylic acid groups (broad SMARTS) is 2. The van der Waals surface area contributed by atoms with Crippen LogP contribution in [0.15, 0.2) is 18.2 Å². The Morgan fingerprint density at radius 3 is 2.38 bits per heavy atom. The van der Waals surface area contributed by atoms with E-state index in [0.717, 1.165) is 0 Å². The molecule has 1 unspecified atom stereocenters. The van der Waals surface area contributed by atoms with E-state index in [-0.39, 0.29) is 13.1 Å². The summed E-state index contributed by atoms with van der Waals surface area (Å²) in [5.41, 5.74) is 0.479. The molecule has 0 spiro atoms. The highest BCUT2D eigenvalue weighted by Crippen LogP contribution is 2.32. The normalized spacial score (nSPS) is 11.6. The monoisotopic (exact) mass is 297 g/mol. The van der Waals surface area contributed by atoms with Gasteiger partial charge in [0.05, 0.1) is 25.8 Å². The first-order valence-corrected chi connectivity index (χ1v) is 6.30. The van der Waals surface area contributed by atoms with Gasteiger partial charge < -0.3 is 24.6 Å². The van der Waals surface area contributed by atoms with E-state index in [1.807, 2.05) is 0 Å². The molecule has 21 heavy (non-hydrogen) atoms. The van der Waals surface area contributed by atoms with Gasteiger partial charge in [0, 0.05) is 12.6 Å². The van der Waals surface area contributed by atoms with Crippen LogP contribution in [-0.4, -0.2) is 49.5 Å². The number of benzene rings is 1. The number of anilines is 1. The van der Waals surface area contributed by atoms with Crippen LogP contribution < -0.4 is 14.4 Å². The second-order valence-corrected chi connectivity index (χ2v) is 4.55. The fourth-order valence-corrected chi connectivity index (χ4v) is 1.86. The molecule has 1 atom stereocenters. The second kappa shape index (κ2) is 7.37. The minimum Gasteiger partial charge on any atom is -0.497 e. The molecule has 2 N–H and O–H groups in total. The van der Waals surface area contributed by atoms with Crippen molar-refractivity contribution in [3.8, 4) is 11.5 Å². The average Bonchev–Trinajstić information content (AvgIpc) is 2.45. The van der Waals surface area contributed by atoms with Crippen molar-refractivity contribution >= 4 is 17.6 Å². The zero-order chi connectivity index (χ0) is 16.0. The summed E-state index contributed by atoms with van der Waals surface area (Å²) in [7, 11) is 2.96. The lowest BCUT2D eigenvalue weighted by Crippen LogP contribution is -2.36. The zero-order valence-corrected chi connectivity index (χ0v) is 12.2. The van der Waals surface area contributed by atoms with E-state index in [4.69, 9.17) is 19.7 Å². The Bertz CT molecular complexity index is 516. The maximum absolute atomic E-state index is 11.0. The van der Waals surface area contributed by atoms with Gasteiger partial charge in [-0.05, 0) is 12.1 Å². The van der Waals surface area contributed by atoms with E-state index in [1.54, 1.807) is 18.2 Å². The third kappa shape index (κ3) is 4.55. The number of carboxylic acids is 2. The fourth-order valence-electron chi connectivity index (χ4n) is 1.86. The maximum atomic E-state index is 11.0. The van der Waals surface area contributed by atoms with Crippen LogP contribution in [-0.2, 0) is 9.59 Å². The van der Waals surface area contributed by atoms with Crippen LogP contribution >= 0.6 is 0 Å². The number of aliphatic carboxylic acids is 2. The predicted molar refractivity (Wildman–Crippen MR) is 76.2 cm³/mol. The molecule has 0 fully saturated rings. The van der Waals surface area contributed by atoms with E-state index in [2.05, 4.69) is 0 Å². The highest BCUT2D eigenvalue weighted by Gasteiger charge is 2.21. The zero-order valence-electron chi connectivity index (χ0n) is 12.2. The Kier molecular flexibility index (Phi) is 5.83. The van der Waals surface area contributed by atoms with Gasteiger partial charge >= 0.3 is 11.9 Å². The van der Waals surface area contributed by atoms with Crippen LogP contribution in [0.5, 0.6) is 11.5 Å². The van der Waals surface area contributed by atoms with Gasteiger partial charge in [0.15, 0.2) is 0 Å². The lowest BCUT2D eigenvalue weighted by molar-refractivity contribution is -0.141. The highest BCUT2D eigenvalue weighted by molar-refractivity contribution is 5.77. The van der Waals surface area contributed by atoms with Crippen LogP contribution in [0.2, 0.25) is 0 Å². The van der Waals surface area contributed by atoms with E-state index in [1.165, 1.54) is 26.0 Å². The number of carbonyl (C=O) groups is 2. The molecule has 1 rings (SSSR count). The Balaban J connectivity index is 3.17. The summed E-state index contributed by atoms with van der Waals surface area (Å²) in [5.74, 6) is -1.79. The summed E-state index contributed by atoms with van der Waals surface area (Å²) in [5, 5.41) is 18.0. The number of ether oxygens (including phenoxy) is 2. The van der Waals surface area contributed by atoms with E-state index < -0.39 is 17.9 Å². The number of methoxy groups -OCH3 is 2. The molecule has 1 aromatic rings. The molecular formula is C14H19NO6. The molecule has 0 amide bonds. The van der Waals surface area contributed by atoms with Crippen LogP contribution in [0.4, 0.5) is 5.69 Å². The molecule has 0 heterocycles. The van der Waals surface area contributed by atoms with Gasteiger partial charge in [0.25, 0.3) is 0 Å². The van der Waals surface area contributed by atoms with Crippen molar-refractivity contribution in [2.45, 2.75) is 6.92 Å². The third-order valence-electron chi connectivity index (χ3n) is 2.97. The van der Waals surface area contributed by atoms with Gasteiger partial charge in [0.2, 0.25) is 0 Å². The first kappa shape index (κ1) is 16.6. The molecule has 0 saturated heterocycles. The molecule has 0 radical (unpaired) electrons. The van der Waals surface area contributed by atoms with Gasteiger partial charge in [-0.3, -0.25) is 9.59 Å². The first-order chi connectivity index (χ1) is 9.88. The third-order valence-corrected chi connectivity index (χ3v) is 2.97. The largest absolute Gasteiger partial charge is 0.497 e. The van der Waals surface area contributed by atoms with E-state index >= 15 is 0 Å². The summed E-state index contributed by atoms with van der Waals surface area (Å²) in [6.07, 6.45) is 0. The van der Waals surface area contributed by atoms with Gasteiger partial charge in [-0.15, -0.1) is 0 Å². The van der Waals surface area contributed by atoms with Gasteiger partial charge in [-0.1, -0.05) is 6.92 Å². The predicted octanol–water partition coefficient (Wildman–Crippen LogP) is 1.32. The van der Waals surface area contributed by atoms with E-state index in [9.17, 15) is 9.59 Å². The van der Waals surface area contributed by atoms with Gasteiger partial charge in [0.1, 0.15) is 18.0 Å². The number of hydrogen-bond acceptors (Lipinski definition) is 5.